The Hall–Kier alpha value is -2.88. The van der Waals surface area contributed by atoms with Crippen molar-refractivity contribution in [3.63, 3.8) is 0 Å². The Morgan fingerprint density at radius 1 is 1.17 bits per heavy atom. The van der Waals surface area contributed by atoms with Crippen LogP contribution in [0.3, 0.4) is 0 Å². The predicted octanol–water partition coefficient (Wildman–Crippen LogP) is 1.15. The molecule has 0 aromatic heterocycles. The van der Waals surface area contributed by atoms with Gasteiger partial charge in [-0.2, -0.15) is 0 Å². The summed E-state index contributed by atoms with van der Waals surface area (Å²) in [7, 11) is 0. The van der Waals surface area contributed by atoms with E-state index in [1.54, 1.807) is 17.0 Å². The maximum absolute atomic E-state index is 13.1. The number of carbonyl (C=O) groups excluding carboxylic acids is 5. The average molecular weight is 431 g/mol. The number of carbonyl (C=O) groups is 5. The van der Waals surface area contributed by atoms with Crippen LogP contribution in [0.15, 0.2) is 24.3 Å². The first-order valence-corrected chi connectivity index (χ1v) is 10.5. The number of hydrogen-bond acceptors (Lipinski definition) is 7. The number of thioether (sulfide) groups is 1. The van der Waals surface area contributed by atoms with Gasteiger partial charge in [-0.05, 0) is 32.4 Å². The fourth-order valence-corrected chi connectivity index (χ4v) is 5.57. The smallest absolute Gasteiger partial charge is 0.341 e. The number of hydrogen-bond donors (Lipinski definition) is 1. The highest BCUT2D eigenvalue weighted by atomic mass is 32.2. The minimum atomic E-state index is -1.11. The highest BCUT2D eigenvalue weighted by Crippen LogP contribution is 2.56. The summed E-state index contributed by atoms with van der Waals surface area (Å²) in [6.07, 6.45) is -0.0290. The highest BCUT2D eigenvalue weighted by molar-refractivity contribution is 8.01. The lowest BCUT2D eigenvalue weighted by Gasteiger charge is -2.30. The van der Waals surface area contributed by atoms with E-state index >= 15 is 0 Å². The molecule has 0 aliphatic carbocycles. The molecule has 2 fully saturated rings. The second-order valence-electron chi connectivity index (χ2n) is 8.00. The van der Waals surface area contributed by atoms with E-state index in [1.165, 1.54) is 18.7 Å². The van der Waals surface area contributed by atoms with Gasteiger partial charge in [0.2, 0.25) is 5.91 Å². The Morgan fingerprint density at radius 3 is 2.47 bits per heavy atom. The lowest BCUT2D eigenvalue weighted by atomic mass is 10.0. The number of rotatable bonds is 4. The minimum absolute atomic E-state index is 0.0145. The van der Waals surface area contributed by atoms with Crippen molar-refractivity contribution in [2.75, 3.05) is 0 Å². The molecule has 9 nitrogen and oxygen atoms in total. The molecular formula is C20H21N3O6S. The maximum Gasteiger partial charge on any atom is 0.354 e. The quantitative estimate of drug-likeness (QED) is 0.712. The van der Waals surface area contributed by atoms with Crippen molar-refractivity contribution in [2.45, 2.75) is 55.8 Å². The molecule has 1 aromatic carbocycles. The molecule has 0 spiro atoms. The molecule has 0 unspecified atom stereocenters. The Kier molecular flexibility index (Phi) is 4.84. The SMILES string of the molecule is C[C@H](NC(=O)[C@H]1N2C(=O)c3ccccc3[C@@H]2SC1(C)C)C(=O)ON1C(=O)CCC1=O. The van der Waals surface area contributed by atoms with Crippen LogP contribution in [0.4, 0.5) is 0 Å². The molecule has 3 aliphatic rings. The Labute approximate surface area is 177 Å². The standard InChI is InChI=1S/C20H21N3O6S/c1-10(19(28)29-23-13(24)8-9-14(23)25)21-16(26)15-20(2,3)30-18-12-7-5-4-6-11(12)17(27)22(15)18/h4-7,10,15,18H,8-9H2,1-3H3,(H,21,26)/t10-,15+,18-/m0/s1. The van der Waals surface area contributed by atoms with E-state index in [-0.39, 0.29) is 24.1 Å². The summed E-state index contributed by atoms with van der Waals surface area (Å²) in [4.78, 5) is 68.0. The lowest BCUT2D eigenvalue weighted by Crippen LogP contribution is -2.55. The molecule has 1 aromatic rings. The van der Waals surface area contributed by atoms with Crippen LogP contribution in [0.2, 0.25) is 0 Å². The number of amides is 4. The summed E-state index contributed by atoms with van der Waals surface area (Å²) < 4.78 is -0.595. The highest BCUT2D eigenvalue weighted by Gasteiger charge is 2.57. The third-order valence-electron chi connectivity index (χ3n) is 5.44. The summed E-state index contributed by atoms with van der Waals surface area (Å²) in [5.41, 5.74) is 1.44. The number of nitrogens with one attached hydrogen (secondary N) is 1. The first-order chi connectivity index (χ1) is 14.1. The minimum Gasteiger partial charge on any atom is -0.341 e. The lowest BCUT2D eigenvalue weighted by molar-refractivity contribution is -0.198. The molecule has 0 bridgehead atoms. The monoisotopic (exact) mass is 431 g/mol. The van der Waals surface area contributed by atoms with Crippen molar-refractivity contribution in [3.8, 4) is 0 Å². The Bertz CT molecular complexity index is 961. The molecule has 3 heterocycles. The summed E-state index contributed by atoms with van der Waals surface area (Å²) in [5, 5.41) is 2.74. The van der Waals surface area contributed by atoms with Crippen molar-refractivity contribution in [1.29, 1.82) is 0 Å². The van der Waals surface area contributed by atoms with Crippen LogP contribution < -0.4 is 5.32 Å². The van der Waals surface area contributed by atoms with Crippen LogP contribution >= 0.6 is 11.8 Å². The van der Waals surface area contributed by atoms with E-state index in [1.807, 2.05) is 26.0 Å². The molecule has 4 rings (SSSR count). The molecule has 4 amide bonds. The van der Waals surface area contributed by atoms with Gasteiger partial charge in [-0.1, -0.05) is 18.2 Å². The molecule has 3 atom stereocenters. The molecular weight excluding hydrogens is 410 g/mol. The van der Waals surface area contributed by atoms with Crippen molar-refractivity contribution in [2.24, 2.45) is 0 Å². The number of nitrogens with zero attached hydrogens (tertiary/aromatic N) is 2. The Balaban J connectivity index is 1.49. The third-order valence-corrected chi connectivity index (χ3v) is 6.98. The largest absolute Gasteiger partial charge is 0.354 e. The van der Waals surface area contributed by atoms with Gasteiger partial charge >= 0.3 is 5.97 Å². The van der Waals surface area contributed by atoms with Crippen LogP contribution in [0.1, 0.15) is 54.9 Å². The van der Waals surface area contributed by atoms with E-state index in [0.717, 1.165) is 5.56 Å². The molecule has 2 saturated heterocycles. The molecule has 158 valence electrons. The zero-order valence-corrected chi connectivity index (χ0v) is 17.5. The maximum atomic E-state index is 13.1. The van der Waals surface area contributed by atoms with E-state index in [9.17, 15) is 24.0 Å². The zero-order chi connectivity index (χ0) is 21.8. The van der Waals surface area contributed by atoms with E-state index in [0.29, 0.717) is 10.6 Å². The van der Waals surface area contributed by atoms with Crippen molar-refractivity contribution in [1.82, 2.24) is 15.3 Å². The summed E-state index contributed by atoms with van der Waals surface area (Å²) >= 11 is 1.51. The van der Waals surface area contributed by atoms with Gasteiger partial charge in [0.1, 0.15) is 17.5 Å². The van der Waals surface area contributed by atoms with Crippen molar-refractivity contribution >= 4 is 41.4 Å². The van der Waals surface area contributed by atoms with Gasteiger partial charge in [0, 0.05) is 23.2 Å². The van der Waals surface area contributed by atoms with Crippen LogP contribution in [0.25, 0.3) is 0 Å². The van der Waals surface area contributed by atoms with Crippen LogP contribution in [-0.4, -0.2) is 56.4 Å². The summed E-state index contributed by atoms with van der Waals surface area (Å²) in [6.45, 7) is 5.15. The number of benzene rings is 1. The summed E-state index contributed by atoms with van der Waals surface area (Å²) in [6, 6.07) is 5.34. The normalized spacial score (nSPS) is 25.2. The third kappa shape index (κ3) is 3.15. The number of imide groups is 1. The number of fused-ring (bicyclic) bond motifs is 3. The summed E-state index contributed by atoms with van der Waals surface area (Å²) in [5.74, 6) is -2.84. The Morgan fingerprint density at radius 2 is 1.80 bits per heavy atom. The zero-order valence-electron chi connectivity index (χ0n) is 16.7. The van der Waals surface area contributed by atoms with Gasteiger partial charge in [-0.15, -0.1) is 16.8 Å². The molecule has 10 heteroatoms. The van der Waals surface area contributed by atoms with Crippen molar-refractivity contribution < 1.29 is 28.8 Å². The van der Waals surface area contributed by atoms with Crippen LogP contribution in [-0.2, 0) is 24.0 Å². The molecule has 30 heavy (non-hydrogen) atoms. The van der Waals surface area contributed by atoms with E-state index < -0.39 is 40.5 Å². The molecule has 1 N–H and O–H groups in total. The fourth-order valence-electron chi connectivity index (χ4n) is 3.98. The fraction of sp³-hybridized carbons (Fsp3) is 0.450. The molecule has 0 saturated carbocycles. The topological polar surface area (TPSA) is 113 Å². The second-order valence-corrected chi connectivity index (χ2v) is 9.73. The van der Waals surface area contributed by atoms with Crippen LogP contribution in [0, 0.1) is 0 Å². The van der Waals surface area contributed by atoms with E-state index in [2.05, 4.69) is 5.32 Å². The first kappa shape index (κ1) is 20.4. The first-order valence-electron chi connectivity index (χ1n) is 9.59. The van der Waals surface area contributed by atoms with Crippen LogP contribution in [0.5, 0.6) is 0 Å². The van der Waals surface area contributed by atoms with Gasteiger partial charge in [-0.25, -0.2) is 4.79 Å². The predicted molar refractivity (Wildman–Crippen MR) is 106 cm³/mol. The van der Waals surface area contributed by atoms with Gasteiger partial charge in [0.25, 0.3) is 17.7 Å². The van der Waals surface area contributed by atoms with Gasteiger partial charge in [0.05, 0.1) is 0 Å². The van der Waals surface area contributed by atoms with Gasteiger partial charge in [-0.3, -0.25) is 19.2 Å². The van der Waals surface area contributed by atoms with Gasteiger partial charge in [0.15, 0.2) is 0 Å². The number of hydroxylamine groups is 2. The van der Waals surface area contributed by atoms with Crippen molar-refractivity contribution in [3.05, 3.63) is 35.4 Å². The molecule has 3 aliphatic heterocycles. The van der Waals surface area contributed by atoms with E-state index in [4.69, 9.17) is 4.84 Å². The second kappa shape index (κ2) is 7.12. The molecule has 0 radical (unpaired) electrons. The average Bonchev–Trinajstić information content (AvgIpc) is 3.25. The van der Waals surface area contributed by atoms with Gasteiger partial charge < -0.3 is 15.1 Å².